The van der Waals surface area contributed by atoms with Gasteiger partial charge in [-0.2, -0.15) is 0 Å². The lowest BCUT2D eigenvalue weighted by Crippen LogP contribution is -2.20. The summed E-state index contributed by atoms with van der Waals surface area (Å²) in [5.74, 6) is 0.434. The van der Waals surface area contributed by atoms with Crippen LogP contribution in [0.5, 0.6) is 5.75 Å². The van der Waals surface area contributed by atoms with Crippen LogP contribution in [0.15, 0.2) is 59.1 Å². The number of carbonyl (C=O) groups is 2. The second-order valence-electron chi connectivity index (χ2n) is 5.60. The van der Waals surface area contributed by atoms with Crippen LogP contribution in [0.25, 0.3) is 11.3 Å². The van der Waals surface area contributed by atoms with Crippen molar-refractivity contribution >= 4 is 11.7 Å². The molecule has 0 saturated carbocycles. The van der Waals surface area contributed by atoms with Crippen molar-refractivity contribution in [2.45, 2.75) is 6.42 Å². The smallest absolute Gasteiger partial charge is 0.256 e. The third-order valence-electron chi connectivity index (χ3n) is 4.00. The Balaban J connectivity index is 1.97. The fourth-order valence-electron chi connectivity index (χ4n) is 2.62. The maximum atomic E-state index is 12.5. The van der Waals surface area contributed by atoms with Crippen molar-refractivity contribution in [1.29, 1.82) is 0 Å². The van der Waals surface area contributed by atoms with Crippen molar-refractivity contribution in [2.24, 2.45) is 0 Å². The van der Waals surface area contributed by atoms with Gasteiger partial charge in [0.1, 0.15) is 17.0 Å². The van der Waals surface area contributed by atoms with Gasteiger partial charge < -0.3 is 14.6 Å². The van der Waals surface area contributed by atoms with Gasteiger partial charge in [-0.3, -0.25) is 9.59 Å². The molecule has 0 unspecified atom stereocenters. The Morgan fingerprint density at radius 2 is 1.77 bits per heavy atom. The molecular formula is C20H18N2O4. The van der Waals surface area contributed by atoms with E-state index in [4.69, 9.17) is 9.26 Å². The van der Waals surface area contributed by atoms with E-state index in [1.54, 1.807) is 55.6 Å². The Bertz CT molecular complexity index is 915. The Morgan fingerprint density at radius 1 is 1.08 bits per heavy atom. The molecule has 132 valence electrons. The summed E-state index contributed by atoms with van der Waals surface area (Å²) in [5.41, 5.74) is 1.91. The maximum Gasteiger partial charge on any atom is 0.256 e. The van der Waals surface area contributed by atoms with Gasteiger partial charge in [0.15, 0.2) is 11.5 Å². The van der Waals surface area contributed by atoms with Crippen molar-refractivity contribution in [2.75, 3.05) is 14.2 Å². The van der Waals surface area contributed by atoms with Crippen LogP contribution in [0, 0.1) is 0 Å². The second-order valence-corrected chi connectivity index (χ2v) is 5.60. The number of nitrogens with one attached hydrogen (secondary N) is 1. The van der Waals surface area contributed by atoms with Crippen LogP contribution in [-0.4, -0.2) is 31.0 Å². The molecule has 0 atom stereocenters. The van der Waals surface area contributed by atoms with Crippen molar-refractivity contribution < 1.29 is 18.8 Å². The highest BCUT2D eigenvalue weighted by Gasteiger charge is 2.25. The monoisotopic (exact) mass is 350 g/mol. The van der Waals surface area contributed by atoms with Crippen molar-refractivity contribution in [1.82, 2.24) is 10.5 Å². The van der Waals surface area contributed by atoms with Gasteiger partial charge in [-0.15, -0.1) is 0 Å². The zero-order valence-corrected chi connectivity index (χ0v) is 14.5. The van der Waals surface area contributed by atoms with Gasteiger partial charge >= 0.3 is 0 Å². The molecule has 0 bridgehead atoms. The Labute approximate surface area is 150 Å². The minimum atomic E-state index is -0.354. The Morgan fingerprint density at radius 3 is 2.38 bits per heavy atom. The first-order valence-corrected chi connectivity index (χ1v) is 8.07. The summed E-state index contributed by atoms with van der Waals surface area (Å²) < 4.78 is 10.5. The summed E-state index contributed by atoms with van der Waals surface area (Å²) >= 11 is 0. The summed E-state index contributed by atoms with van der Waals surface area (Å²) in [7, 11) is 3.10. The molecule has 0 aliphatic carbocycles. The van der Waals surface area contributed by atoms with E-state index in [9.17, 15) is 9.59 Å². The lowest BCUT2D eigenvalue weighted by atomic mass is 10.0. The number of Topliss-reactive ketones (excluding diaryl/α,β-unsaturated/α-hetero) is 1. The van der Waals surface area contributed by atoms with Gasteiger partial charge in [0.05, 0.1) is 13.5 Å². The van der Waals surface area contributed by atoms with Crippen molar-refractivity contribution in [3.63, 3.8) is 0 Å². The zero-order chi connectivity index (χ0) is 18.5. The van der Waals surface area contributed by atoms with E-state index in [0.29, 0.717) is 22.6 Å². The van der Waals surface area contributed by atoms with E-state index in [2.05, 4.69) is 10.5 Å². The van der Waals surface area contributed by atoms with Crippen LogP contribution in [0.2, 0.25) is 0 Å². The molecule has 1 aromatic heterocycles. The number of nitrogens with zero attached hydrogens (tertiary/aromatic N) is 1. The first-order valence-electron chi connectivity index (χ1n) is 8.07. The Kier molecular flexibility index (Phi) is 5.12. The maximum absolute atomic E-state index is 12.5. The van der Waals surface area contributed by atoms with Crippen LogP contribution in [0.4, 0.5) is 0 Å². The molecule has 26 heavy (non-hydrogen) atoms. The minimum Gasteiger partial charge on any atom is -0.497 e. The van der Waals surface area contributed by atoms with E-state index in [-0.39, 0.29) is 29.4 Å². The molecule has 1 N–H and O–H groups in total. The molecule has 3 aromatic rings. The van der Waals surface area contributed by atoms with Gasteiger partial charge in [-0.05, 0) is 24.3 Å². The average Bonchev–Trinajstić information content (AvgIpc) is 3.11. The van der Waals surface area contributed by atoms with Crippen molar-refractivity contribution in [3.05, 3.63) is 71.5 Å². The predicted molar refractivity (Wildman–Crippen MR) is 96.4 cm³/mol. The number of rotatable bonds is 6. The quantitative estimate of drug-likeness (QED) is 0.691. The zero-order valence-electron chi connectivity index (χ0n) is 14.5. The largest absolute Gasteiger partial charge is 0.497 e. The number of carbonyl (C=O) groups excluding carboxylic acids is 2. The number of ether oxygens (including phenoxy) is 1. The lowest BCUT2D eigenvalue weighted by Gasteiger charge is -2.04. The number of amides is 1. The van der Waals surface area contributed by atoms with Gasteiger partial charge in [-0.25, -0.2) is 0 Å². The number of ketones is 1. The third-order valence-corrected chi connectivity index (χ3v) is 4.00. The Hall–Kier alpha value is -3.41. The minimum absolute atomic E-state index is 0.0457. The molecule has 0 aliphatic rings. The number of hydrogen-bond acceptors (Lipinski definition) is 5. The second kappa shape index (κ2) is 7.65. The molecule has 2 aromatic carbocycles. The molecule has 0 fully saturated rings. The standard InChI is InChI=1S/C20H18N2O4/c1-21-20(24)18-17(12-16(23)13-6-4-3-5-7-13)26-22-19(18)14-8-10-15(25-2)11-9-14/h3-11H,12H2,1-2H3,(H,21,24). The van der Waals surface area contributed by atoms with Gasteiger partial charge in [0.2, 0.25) is 0 Å². The summed E-state index contributed by atoms with van der Waals surface area (Å²) in [5, 5.41) is 6.61. The molecule has 0 saturated heterocycles. The normalized spacial score (nSPS) is 10.4. The first-order chi connectivity index (χ1) is 12.6. The molecule has 0 aliphatic heterocycles. The van der Waals surface area contributed by atoms with Crippen LogP contribution in [0.3, 0.4) is 0 Å². The highest BCUT2D eigenvalue weighted by atomic mass is 16.5. The molecule has 1 heterocycles. The molecule has 6 heteroatoms. The predicted octanol–water partition coefficient (Wildman–Crippen LogP) is 3.14. The van der Waals surface area contributed by atoms with E-state index in [1.807, 2.05) is 6.07 Å². The summed E-state index contributed by atoms with van der Waals surface area (Å²) in [6, 6.07) is 16.0. The molecule has 3 rings (SSSR count). The summed E-state index contributed by atoms with van der Waals surface area (Å²) in [6.07, 6.45) is -0.0457. The molecule has 1 amide bonds. The highest BCUT2D eigenvalue weighted by molar-refractivity contribution is 6.03. The summed E-state index contributed by atoms with van der Waals surface area (Å²) in [4.78, 5) is 24.9. The summed E-state index contributed by atoms with van der Waals surface area (Å²) in [6.45, 7) is 0. The number of aromatic nitrogens is 1. The molecule has 0 spiro atoms. The van der Waals surface area contributed by atoms with Crippen LogP contribution in [0.1, 0.15) is 26.5 Å². The van der Waals surface area contributed by atoms with Crippen LogP contribution in [-0.2, 0) is 6.42 Å². The van der Waals surface area contributed by atoms with E-state index in [0.717, 1.165) is 0 Å². The highest BCUT2D eigenvalue weighted by Crippen LogP contribution is 2.28. The number of hydrogen-bond donors (Lipinski definition) is 1. The lowest BCUT2D eigenvalue weighted by molar-refractivity contribution is 0.0960. The fraction of sp³-hybridized carbons (Fsp3) is 0.150. The first kappa shape index (κ1) is 17.4. The van der Waals surface area contributed by atoms with Gasteiger partial charge in [0, 0.05) is 18.2 Å². The molecule has 6 nitrogen and oxygen atoms in total. The molecular weight excluding hydrogens is 332 g/mol. The average molecular weight is 350 g/mol. The molecule has 0 radical (unpaired) electrons. The van der Waals surface area contributed by atoms with E-state index in [1.165, 1.54) is 7.05 Å². The third kappa shape index (κ3) is 3.49. The van der Waals surface area contributed by atoms with E-state index < -0.39 is 0 Å². The van der Waals surface area contributed by atoms with Crippen LogP contribution >= 0.6 is 0 Å². The van der Waals surface area contributed by atoms with Gasteiger partial charge in [-0.1, -0.05) is 35.5 Å². The van der Waals surface area contributed by atoms with Crippen LogP contribution < -0.4 is 10.1 Å². The number of benzene rings is 2. The van der Waals surface area contributed by atoms with E-state index >= 15 is 0 Å². The number of methoxy groups -OCH3 is 1. The topological polar surface area (TPSA) is 81.4 Å². The fourth-order valence-corrected chi connectivity index (χ4v) is 2.62. The van der Waals surface area contributed by atoms with Crippen molar-refractivity contribution in [3.8, 4) is 17.0 Å². The SMILES string of the molecule is CNC(=O)c1c(-c2ccc(OC)cc2)noc1CC(=O)c1ccccc1. The van der Waals surface area contributed by atoms with Gasteiger partial charge in [0.25, 0.3) is 5.91 Å².